The Hall–Kier alpha value is -0.370. The average molecular weight is 214 g/mol. The van der Waals surface area contributed by atoms with Crippen molar-refractivity contribution in [3.05, 3.63) is 0 Å². The summed E-state index contributed by atoms with van der Waals surface area (Å²) in [4.78, 5) is 11.4. The van der Waals surface area contributed by atoms with Crippen molar-refractivity contribution >= 4 is 5.78 Å². The van der Waals surface area contributed by atoms with Crippen LogP contribution in [-0.4, -0.2) is 17.0 Å². The molecule has 0 aromatic carbocycles. The summed E-state index contributed by atoms with van der Waals surface area (Å²) < 4.78 is 0. The van der Waals surface area contributed by atoms with Crippen molar-refractivity contribution < 1.29 is 9.90 Å². The Morgan fingerprint density at radius 2 is 1.60 bits per heavy atom. The van der Waals surface area contributed by atoms with E-state index in [1.54, 1.807) is 0 Å². The molecule has 0 radical (unpaired) electrons. The Bertz CT molecular complexity index is 155. The first-order chi connectivity index (χ1) is 7.22. The van der Waals surface area contributed by atoms with Crippen LogP contribution < -0.4 is 0 Å². The van der Waals surface area contributed by atoms with E-state index in [2.05, 4.69) is 13.8 Å². The molecule has 0 heterocycles. The summed E-state index contributed by atoms with van der Waals surface area (Å²) in [6.45, 7) is 4.24. The van der Waals surface area contributed by atoms with E-state index in [9.17, 15) is 9.90 Å². The number of Topliss-reactive ketones (excluding diaryl/α,β-unsaturated/α-hetero) is 1. The number of hydrogen-bond donors (Lipinski definition) is 1. The first kappa shape index (κ1) is 14.6. The van der Waals surface area contributed by atoms with Crippen LogP contribution in [0.5, 0.6) is 0 Å². The van der Waals surface area contributed by atoms with E-state index in [1.165, 1.54) is 19.3 Å². The smallest absolute Gasteiger partial charge is 0.161 e. The van der Waals surface area contributed by atoms with E-state index in [1.807, 2.05) is 0 Å². The molecule has 0 bridgehead atoms. The lowest BCUT2D eigenvalue weighted by atomic mass is 10.0. The molecule has 0 saturated carbocycles. The van der Waals surface area contributed by atoms with Gasteiger partial charge in [-0.2, -0.15) is 0 Å². The van der Waals surface area contributed by atoms with Gasteiger partial charge in [0.15, 0.2) is 5.78 Å². The molecule has 0 aromatic rings. The maximum absolute atomic E-state index is 11.4. The Morgan fingerprint density at radius 1 is 1.00 bits per heavy atom. The zero-order chi connectivity index (χ0) is 11.5. The largest absolute Gasteiger partial charge is 0.385 e. The van der Waals surface area contributed by atoms with Gasteiger partial charge in [0, 0.05) is 6.42 Å². The van der Waals surface area contributed by atoms with Crippen molar-refractivity contribution in [2.24, 2.45) is 0 Å². The molecule has 0 rings (SSSR count). The monoisotopic (exact) mass is 214 g/mol. The highest BCUT2D eigenvalue weighted by molar-refractivity contribution is 5.82. The van der Waals surface area contributed by atoms with E-state index < -0.39 is 6.10 Å². The maximum atomic E-state index is 11.4. The maximum Gasteiger partial charge on any atom is 0.161 e. The molecule has 15 heavy (non-hydrogen) atoms. The topological polar surface area (TPSA) is 37.3 Å². The highest BCUT2D eigenvalue weighted by Gasteiger charge is 2.13. The summed E-state index contributed by atoms with van der Waals surface area (Å²) in [5.41, 5.74) is 0. The molecule has 90 valence electrons. The van der Waals surface area contributed by atoms with E-state index >= 15 is 0 Å². The number of unbranched alkanes of at least 4 members (excludes halogenated alkanes) is 5. The summed E-state index contributed by atoms with van der Waals surface area (Å²) in [7, 11) is 0. The van der Waals surface area contributed by atoms with E-state index in [0.717, 1.165) is 25.7 Å². The number of aliphatic hydroxyl groups is 1. The Morgan fingerprint density at radius 3 is 2.20 bits per heavy atom. The second-order valence-electron chi connectivity index (χ2n) is 4.29. The molecule has 1 N–H and O–H groups in total. The van der Waals surface area contributed by atoms with Gasteiger partial charge in [0.25, 0.3) is 0 Å². The SMILES string of the molecule is CCCCCCCC(O)C(=O)CCCC. The quantitative estimate of drug-likeness (QED) is 0.565. The van der Waals surface area contributed by atoms with Gasteiger partial charge in [-0.3, -0.25) is 4.79 Å². The zero-order valence-corrected chi connectivity index (χ0v) is 10.3. The lowest BCUT2D eigenvalue weighted by Crippen LogP contribution is -2.19. The molecular weight excluding hydrogens is 188 g/mol. The molecular formula is C13H26O2. The van der Waals surface area contributed by atoms with Gasteiger partial charge in [0.1, 0.15) is 6.10 Å². The number of carbonyl (C=O) groups excluding carboxylic acids is 1. The number of rotatable bonds is 10. The summed E-state index contributed by atoms with van der Waals surface area (Å²) in [5.74, 6) is 0.0346. The van der Waals surface area contributed by atoms with Crippen LogP contribution in [0.4, 0.5) is 0 Å². The summed E-state index contributed by atoms with van der Waals surface area (Å²) >= 11 is 0. The fourth-order valence-electron chi connectivity index (χ4n) is 1.62. The van der Waals surface area contributed by atoms with Crippen molar-refractivity contribution in [3.8, 4) is 0 Å². The number of hydrogen-bond acceptors (Lipinski definition) is 2. The molecule has 0 aromatic heterocycles. The van der Waals surface area contributed by atoms with Gasteiger partial charge < -0.3 is 5.11 Å². The van der Waals surface area contributed by atoms with Crippen LogP contribution in [0.15, 0.2) is 0 Å². The summed E-state index contributed by atoms with van der Waals surface area (Å²) in [5, 5.41) is 9.55. The van der Waals surface area contributed by atoms with Crippen LogP contribution in [0.2, 0.25) is 0 Å². The molecule has 0 saturated heterocycles. The third-order valence-electron chi connectivity index (χ3n) is 2.73. The minimum absolute atomic E-state index is 0.0346. The molecule has 1 unspecified atom stereocenters. The molecule has 0 fully saturated rings. The minimum Gasteiger partial charge on any atom is -0.385 e. The standard InChI is InChI=1S/C13H26O2/c1-3-5-7-8-9-11-13(15)12(14)10-6-4-2/h13,15H,3-11H2,1-2H3. The summed E-state index contributed by atoms with van der Waals surface area (Å²) in [6.07, 6.45) is 8.30. The van der Waals surface area contributed by atoms with Crippen molar-refractivity contribution in [3.63, 3.8) is 0 Å². The van der Waals surface area contributed by atoms with E-state index in [-0.39, 0.29) is 5.78 Å². The van der Waals surface area contributed by atoms with Gasteiger partial charge in [-0.05, 0) is 12.8 Å². The van der Waals surface area contributed by atoms with Gasteiger partial charge in [0.05, 0.1) is 0 Å². The van der Waals surface area contributed by atoms with Gasteiger partial charge in [-0.1, -0.05) is 52.4 Å². The molecule has 0 spiro atoms. The molecule has 0 aliphatic carbocycles. The second-order valence-corrected chi connectivity index (χ2v) is 4.29. The number of carbonyl (C=O) groups is 1. The highest BCUT2D eigenvalue weighted by atomic mass is 16.3. The molecule has 0 amide bonds. The lowest BCUT2D eigenvalue weighted by Gasteiger charge is -2.08. The van der Waals surface area contributed by atoms with Crippen LogP contribution in [0.3, 0.4) is 0 Å². The average Bonchev–Trinajstić information content (AvgIpc) is 2.25. The third kappa shape index (κ3) is 8.61. The van der Waals surface area contributed by atoms with Gasteiger partial charge in [0.2, 0.25) is 0 Å². The van der Waals surface area contributed by atoms with Crippen LogP contribution in [-0.2, 0) is 4.79 Å². The van der Waals surface area contributed by atoms with Crippen molar-refractivity contribution in [1.29, 1.82) is 0 Å². The predicted molar refractivity (Wildman–Crippen MR) is 63.9 cm³/mol. The van der Waals surface area contributed by atoms with E-state index in [4.69, 9.17) is 0 Å². The molecule has 0 aliphatic heterocycles. The van der Waals surface area contributed by atoms with Gasteiger partial charge in [-0.25, -0.2) is 0 Å². The fourth-order valence-corrected chi connectivity index (χ4v) is 1.62. The number of ketones is 1. The zero-order valence-electron chi connectivity index (χ0n) is 10.3. The Labute approximate surface area is 94.1 Å². The fraction of sp³-hybridized carbons (Fsp3) is 0.923. The third-order valence-corrected chi connectivity index (χ3v) is 2.73. The molecule has 1 atom stereocenters. The lowest BCUT2D eigenvalue weighted by molar-refractivity contribution is -0.127. The molecule has 0 aliphatic rings. The van der Waals surface area contributed by atoms with Gasteiger partial charge in [-0.15, -0.1) is 0 Å². The van der Waals surface area contributed by atoms with Crippen molar-refractivity contribution in [1.82, 2.24) is 0 Å². The Kier molecular flexibility index (Phi) is 9.91. The normalized spacial score (nSPS) is 12.7. The minimum atomic E-state index is -0.696. The van der Waals surface area contributed by atoms with Crippen LogP contribution >= 0.6 is 0 Å². The predicted octanol–water partition coefficient (Wildman–Crippen LogP) is 3.47. The first-order valence-corrected chi connectivity index (χ1v) is 6.43. The molecule has 2 nitrogen and oxygen atoms in total. The first-order valence-electron chi connectivity index (χ1n) is 6.43. The molecule has 2 heteroatoms. The number of aliphatic hydroxyl groups excluding tert-OH is 1. The van der Waals surface area contributed by atoms with Crippen LogP contribution in [0.1, 0.15) is 71.6 Å². The second kappa shape index (κ2) is 10.2. The van der Waals surface area contributed by atoms with Crippen molar-refractivity contribution in [2.45, 2.75) is 77.7 Å². The highest BCUT2D eigenvalue weighted by Crippen LogP contribution is 2.09. The Balaban J connectivity index is 3.38. The van der Waals surface area contributed by atoms with E-state index in [0.29, 0.717) is 12.8 Å². The van der Waals surface area contributed by atoms with Crippen molar-refractivity contribution in [2.75, 3.05) is 0 Å². The van der Waals surface area contributed by atoms with Crippen LogP contribution in [0.25, 0.3) is 0 Å². The van der Waals surface area contributed by atoms with Gasteiger partial charge >= 0.3 is 0 Å². The summed E-state index contributed by atoms with van der Waals surface area (Å²) in [6, 6.07) is 0. The van der Waals surface area contributed by atoms with Crippen LogP contribution in [0, 0.1) is 0 Å².